The molecule has 0 radical (unpaired) electrons. The van der Waals surface area contributed by atoms with Crippen LogP contribution in [0.15, 0.2) is 0 Å². The predicted octanol–water partition coefficient (Wildman–Crippen LogP) is 2.25. The quantitative estimate of drug-likeness (QED) is 0.768. The van der Waals surface area contributed by atoms with E-state index in [-0.39, 0.29) is 0 Å². The summed E-state index contributed by atoms with van der Waals surface area (Å²) in [6, 6.07) is 1.61. The molecule has 88 valence electrons. The lowest BCUT2D eigenvalue weighted by Crippen LogP contribution is -2.46. The second kappa shape index (κ2) is 5.31. The average Bonchev–Trinajstić information content (AvgIpc) is 2.82. The molecule has 1 saturated heterocycles. The van der Waals surface area contributed by atoms with E-state index in [0.29, 0.717) is 0 Å². The van der Waals surface area contributed by atoms with Gasteiger partial charge in [0.25, 0.3) is 0 Å². The zero-order chi connectivity index (χ0) is 10.7. The molecule has 15 heavy (non-hydrogen) atoms. The van der Waals surface area contributed by atoms with Crippen molar-refractivity contribution in [3.05, 3.63) is 0 Å². The summed E-state index contributed by atoms with van der Waals surface area (Å²) in [6.07, 6.45) is 8.59. The third-order valence-corrected chi connectivity index (χ3v) is 4.60. The molecular weight excluding hydrogens is 184 g/mol. The van der Waals surface area contributed by atoms with Crippen LogP contribution in [-0.2, 0) is 0 Å². The number of likely N-dealkylation sites (tertiary alicyclic amines) is 1. The molecule has 1 heterocycles. The highest BCUT2D eigenvalue weighted by molar-refractivity contribution is 4.84. The minimum absolute atomic E-state index is 0.775. The Kier molecular flexibility index (Phi) is 4.04. The molecule has 0 amide bonds. The van der Waals surface area contributed by atoms with Crippen LogP contribution in [0.2, 0.25) is 0 Å². The van der Waals surface area contributed by atoms with Crippen molar-refractivity contribution in [1.82, 2.24) is 10.2 Å². The fourth-order valence-electron chi connectivity index (χ4n) is 3.33. The number of hydrogen-bond donors (Lipinski definition) is 1. The number of nitrogens with one attached hydrogen (secondary N) is 1. The van der Waals surface area contributed by atoms with E-state index in [1.54, 1.807) is 0 Å². The second-order valence-electron chi connectivity index (χ2n) is 5.38. The van der Waals surface area contributed by atoms with Gasteiger partial charge in [-0.2, -0.15) is 0 Å². The molecule has 1 aliphatic heterocycles. The Morgan fingerprint density at radius 3 is 2.20 bits per heavy atom. The molecule has 2 aliphatic rings. The fraction of sp³-hybridized carbons (Fsp3) is 1.00. The lowest BCUT2D eigenvalue weighted by molar-refractivity contribution is 0.116. The van der Waals surface area contributed by atoms with Gasteiger partial charge in [0.2, 0.25) is 0 Å². The molecule has 2 rings (SSSR count). The molecule has 2 nitrogen and oxygen atoms in total. The topological polar surface area (TPSA) is 15.3 Å². The third kappa shape index (κ3) is 2.73. The molecule has 1 N–H and O–H groups in total. The summed E-state index contributed by atoms with van der Waals surface area (Å²) < 4.78 is 0. The maximum Gasteiger partial charge on any atom is 0.00952 e. The summed E-state index contributed by atoms with van der Waals surface area (Å²) in [5.41, 5.74) is 0. The maximum absolute atomic E-state index is 3.41. The molecule has 0 aromatic heterocycles. The third-order valence-electron chi connectivity index (χ3n) is 4.60. The van der Waals surface area contributed by atoms with Crippen molar-refractivity contribution in [2.24, 2.45) is 5.92 Å². The van der Waals surface area contributed by atoms with Gasteiger partial charge in [-0.15, -0.1) is 0 Å². The molecule has 0 aromatic carbocycles. The SMILES string of the molecule is CNC1CCN(C(C)C2CCCC2)CC1. The molecular formula is C13H26N2. The van der Waals surface area contributed by atoms with Crippen molar-refractivity contribution in [3.8, 4) is 0 Å². The molecule has 2 fully saturated rings. The monoisotopic (exact) mass is 210 g/mol. The van der Waals surface area contributed by atoms with Crippen molar-refractivity contribution < 1.29 is 0 Å². The minimum Gasteiger partial charge on any atom is -0.317 e. The van der Waals surface area contributed by atoms with Crippen LogP contribution in [0.5, 0.6) is 0 Å². The Balaban J connectivity index is 1.78. The van der Waals surface area contributed by atoms with Crippen LogP contribution in [0.4, 0.5) is 0 Å². The summed E-state index contributed by atoms with van der Waals surface area (Å²) in [5.74, 6) is 0.996. The van der Waals surface area contributed by atoms with Crippen molar-refractivity contribution in [1.29, 1.82) is 0 Å². The number of hydrogen-bond acceptors (Lipinski definition) is 2. The zero-order valence-electron chi connectivity index (χ0n) is 10.3. The van der Waals surface area contributed by atoms with E-state index in [2.05, 4.69) is 24.2 Å². The molecule has 1 atom stereocenters. The lowest BCUT2D eigenvalue weighted by atomic mass is 9.95. The Morgan fingerprint density at radius 1 is 1.07 bits per heavy atom. The van der Waals surface area contributed by atoms with Crippen LogP contribution in [-0.4, -0.2) is 37.1 Å². The van der Waals surface area contributed by atoms with Gasteiger partial charge in [-0.25, -0.2) is 0 Å². The summed E-state index contributed by atoms with van der Waals surface area (Å²) in [4.78, 5) is 2.73. The summed E-state index contributed by atoms with van der Waals surface area (Å²) in [7, 11) is 2.10. The molecule has 1 saturated carbocycles. The molecule has 0 aromatic rings. The Labute approximate surface area is 94.4 Å². The number of piperidine rings is 1. The van der Waals surface area contributed by atoms with Crippen molar-refractivity contribution in [2.75, 3.05) is 20.1 Å². The maximum atomic E-state index is 3.41. The predicted molar refractivity (Wildman–Crippen MR) is 65.1 cm³/mol. The Morgan fingerprint density at radius 2 is 1.67 bits per heavy atom. The fourth-order valence-corrected chi connectivity index (χ4v) is 3.33. The van der Waals surface area contributed by atoms with Crippen LogP contribution in [0.1, 0.15) is 45.4 Å². The first kappa shape index (κ1) is 11.4. The van der Waals surface area contributed by atoms with Gasteiger partial charge < -0.3 is 10.2 Å². The van der Waals surface area contributed by atoms with Crippen LogP contribution in [0.25, 0.3) is 0 Å². The highest BCUT2D eigenvalue weighted by atomic mass is 15.2. The van der Waals surface area contributed by atoms with Crippen molar-refractivity contribution in [3.63, 3.8) is 0 Å². The largest absolute Gasteiger partial charge is 0.317 e. The summed E-state index contributed by atoms with van der Waals surface area (Å²) in [5, 5.41) is 3.41. The van der Waals surface area contributed by atoms with E-state index < -0.39 is 0 Å². The van der Waals surface area contributed by atoms with E-state index in [9.17, 15) is 0 Å². The van der Waals surface area contributed by atoms with E-state index in [4.69, 9.17) is 0 Å². The van der Waals surface area contributed by atoms with E-state index in [1.807, 2.05) is 0 Å². The van der Waals surface area contributed by atoms with E-state index in [1.165, 1.54) is 51.6 Å². The van der Waals surface area contributed by atoms with Gasteiger partial charge >= 0.3 is 0 Å². The van der Waals surface area contributed by atoms with Crippen molar-refractivity contribution >= 4 is 0 Å². The minimum atomic E-state index is 0.775. The molecule has 2 heteroatoms. The second-order valence-corrected chi connectivity index (χ2v) is 5.38. The normalized spacial score (nSPS) is 28.4. The van der Waals surface area contributed by atoms with Gasteiger partial charge in [0, 0.05) is 12.1 Å². The highest BCUT2D eigenvalue weighted by Crippen LogP contribution is 2.31. The number of nitrogens with zero attached hydrogens (tertiary/aromatic N) is 1. The van der Waals surface area contributed by atoms with Gasteiger partial charge in [0.05, 0.1) is 0 Å². The van der Waals surface area contributed by atoms with E-state index >= 15 is 0 Å². The van der Waals surface area contributed by atoms with Gasteiger partial charge in [-0.1, -0.05) is 12.8 Å². The lowest BCUT2D eigenvalue weighted by Gasteiger charge is -2.38. The van der Waals surface area contributed by atoms with E-state index in [0.717, 1.165) is 18.0 Å². The van der Waals surface area contributed by atoms with Crippen LogP contribution < -0.4 is 5.32 Å². The van der Waals surface area contributed by atoms with Crippen molar-refractivity contribution in [2.45, 2.75) is 57.5 Å². The first-order valence-electron chi connectivity index (χ1n) is 6.72. The average molecular weight is 210 g/mol. The van der Waals surface area contributed by atoms with Crippen LogP contribution in [0.3, 0.4) is 0 Å². The molecule has 1 unspecified atom stereocenters. The summed E-state index contributed by atoms with van der Waals surface area (Å²) >= 11 is 0. The molecule has 0 bridgehead atoms. The molecule has 0 spiro atoms. The van der Waals surface area contributed by atoms with Gasteiger partial charge in [0.15, 0.2) is 0 Å². The number of rotatable bonds is 3. The Hall–Kier alpha value is -0.0800. The standard InChI is InChI=1S/C13H26N2/c1-11(12-5-3-4-6-12)15-9-7-13(14-2)8-10-15/h11-14H,3-10H2,1-2H3. The molecule has 1 aliphatic carbocycles. The summed E-state index contributed by atoms with van der Waals surface area (Å²) in [6.45, 7) is 5.07. The van der Waals surface area contributed by atoms with Crippen LogP contribution in [0, 0.1) is 5.92 Å². The Bertz CT molecular complexity index is 179. The first-order chi connectivity index (χ1) is 7.31. The van der Waals surface area contributed by atoms with Gasteiger partial charge in [-0.05, 0) is 58.7 Å². The van der Waals surface area contributed by atoms with Crippen LogP contribution >= 0.6 is 0 Å². The highest BCUT2D eigenvalue weighted by Gasteiger charge is 2.28. The smallest absolute Gasteiger partial charge is 0.00952 e. The first-order valence-corrected chi connectivity index (χ1v) is 6.72. The van der Waals surface area contributed by atoms with Gasteiger partial charge in [0.1, 0.15) is 0 Å². The zero-order valence-corrected chi connectivity index (χ0v) is 10.3. The van der Waals surface area contributed by atoms with Gasteiger partial charge in [-0.3, -0.25) is 0 Å².